The Morgan fingerprint density at radius 2 is 1.95 bits per heavy atom. The zero-order valence-electron chi connectivity index (χ0n) is 10.6. The molecule has 104 valence electrons. The molecule has 0 aliphatic carbocycles. The van der Waals surface area contributed by atoms with Crippen molar-refractivity contribution in [2.75, 3.05) is 19.3 Å². The fourth-order valence-electron chi connectivity index (χ4n) is 2.40. The number of carbonyl (C=O) groups is 1. The van der Waals surface area contributed by atoms with Gasteiger partial charge in [0, 0.05) is 13.1 Å². The van der Waals surface area contributed by atoms with Gasteiger partial charge in [-0.3, -0.25) is 4.79 Å². The van der Waals surface area contributed by atoms with Crippen LogP contribution in [0, 0.1) is 0 Å². The molecule has 1 saturated heterocycles. The van der Waals surface area contributed by atoms with Crippen LogP contribution in [0.4, 0.5) is 0 Å². The summed E-state index contributed by atoms with van der Waals surface area (Å²) in [6.45, 7) is 1.82. The number of rotatable bonds is 2. The van der Waals surface area contributed by atoms with Crippen molar-refractivity contribution in [1.29, 1.82) is 0 Å². The first kappa shape index (κ1) is 12.6. The largest absolute Gasteiger partial charge is 0.436 e. The van der Waals surface area contributed by atoms with Crippen LogP contribution in [0.3, 0.4) is 0 Å². The van der Waals surface area contributed by atoms with E-state index in [1.54, 1.807) is 4.90 Å². The lowest BCUT2D eigenvalue weighted by molar-refractivity contribution is 0.0750. The highest BCUT2D eigenvalue weighted by Crippen LogP contribution is 2.26. The van der Waals surface area contributed by atoms with Crippen molar-refractivity contribution < 1.29 is 17.6 Å². The fourth-order valence-corrected chi connectivity index (χ4v) is 3.10. The fraction of sp³-hybridized carbons (Fsp3) is 0.636. The predicted octanol–water partition coefficient (Wildman–Crippen LogP) is 0.186. The summed E-state index contributed by atoms with van der Waals surface area (Å²) in [7, 11) is -3.25. The van der Waals surface area contributed by atoms with E-state index in [4.69, 9.17) is 4.42 Å². The van der Waals surface area contributed by atoms with Crippen molar-refractivity contribution in [2.24, 2.45) is 0 Å². The summed E-state index contributed by atoms with van der Waals surface area (Å²) >= 11 is 0. The molecular formula is C11H15N3O4S. The Kier molecular flexibility index (Phi) is 2.86. The van der Waals surface area contributed by atoms with E-state index >= 15 is 0 Å². The molecule has 1 aromatic heterocycles. The van der Waals surface area contributed by atoms with Crippen LogP contribution in [-0.4, -0.2) is 47.9 Å². The Labute approximate surface area is 111 Å². The lowest BCUT2D eigenvalue weighted by Crippen LogP contribution is -2.28. The number of aromatic nitrogens is 1. The van der Waals surface area contributed by atoms with Crippen molar-refractivity contribution in [1.82, 2.24) is 14.2 Å². The van der Waals surface area contributed by atoms with Gasteiger partial charge in [-0.25, -0.2) is 13.4 Å². The van der Waals surface area contributed by atoms with Gasteiger partial charge in [0.25, 0.3) is 5.89 Å². The van der Waals surface area contributed by atoms with Gasteiger partial charge in [-0.15, -0.1) is 0 Å². The molecule has 1 aromatic rings. The zero-order valence-corrected chi connectivity index (χ0v) is 11.4. The first-order chi connectivity index (χ1) is 8.95. The molecule has 0 N–H and O–H groups in total. The van der Waals surface area contributed by atoms with E-state index in [2.05, 4.69) is 4.98 Å². The molecule has 2 aliphatic heterocycles. The number of hydrogen-bond donors (Lipinski definition) is 0. The van der Waals surface area contributed by atoms with Gasteiger partial charge in [0.2, 0.25) is 10.0 Å². The van der Waals surface area contributed by atoms with Gasteiger partial charge < -0.3 is 9.32 Å². The van der Waals surface area contributed by atoms with Crippen LogP contribution in [0.1, 0.15) is 35.0 Å². The smallest absolute Gasteiger partial charge is 0.309 e. The summed E-state index contributed by atoms with van der Waals surface area (Å²) in [5.41, 5.74) is 0.549. The number of carbonyl (C=O) groups excluding carboxylic acids is 1. The van der Waals surface area contributed by atoms with Crippen LogP contribution in [0.15, 0.2) is 4.42 Å². The summed E-state index contributed by atoms with van der Waals surface area (Å²) in [5.74, 6) is 0.367. The molecule has 0 bridgehead atoms. The molecule has 7 nitrogen and oxygen atoms in total. The minimum Gasteiger partial charge on any atom is -0.436 e. The van der Waals surface area contributed by atoms with Crippen LogP contribution in [0.5, 0.6) is 0 Å². The van der Waals surface area contributed by atoms with Gasteiger partial charge in [0.1, 0.15) is 5.76 Å². The van der Waals surface area contributed by atoms with Gasteiger partial charge >= 0.3 is 5.91 Å². The van der Waals surface area contributed by atoms with Gasteiger partial charge in [0.15, 0.2) is 0 Å². The van der Waals surface area contributed by atoms with Crippen molar-refractivity contribution in [3.8, 4) is 0 Å². The van der Waals surface area contributed by atoms with Gasteiger partial charge in [0.05, 0.1) is 25.0 Å². The second-order valence-electron chi connectivity index (χ2n) is 4.92. The average molecular weight is 285 g/mol. The van der Waals surface area contributed by atoms with E-state index in [-0.39, 0.29) is 24.9 Å². The Morgan fingerprint density at radius 1 is 1.26 bits per heavy atom. The molecule has 1 amide bonds. The van der Waals surface area contributed by atoms with Crippen LogP contribution >= 0.6 is 0 Å². The number of oxazole rings is 1. The quantitative estimate of drug-likeness (QED) is 0.774. The molecule has 0 atom stereocenters. The van der Waals surface area contributed by atoms with Crippen molar-refractivity contribution >= 4 is 15.9 Å². The van der Waals surface area contributed by atoms with Crippen molar-refractivity contribution in [3.63, 3.8) is 0 Å². The number of hydrogen-bond acceptors (Lipinski definition) is 5. The molecule has 0 unspecified atom stereocenters. The van der Waals surface area contributed by atoms with E-state index in [9.17, 15) is 13.2 Å². The maximum absolute atomic E-state index is 12.1. The molecule has 2 aliphatic rings. The Balaban J connectivity index is 1.78. The van der Waals surface area contributed by atoms with Crippen LogP contribution in [0.25, 0.3) is 0 Å². The standard InChI is InChI=1S/C11H15N3O4S/c1-19(16,17)14-6-8-9(7-14)18-10(12-8)11(15)13-4-2-3-5-13/h2-7H2,1H3. The normalized spacial score (nSPS) is 19.9. The third-order valence-electron chi connectivity index (χ3n) is 3.47. The molecular weight excluding hydrogens is 270 g/mol. The van der Waals surface area contributed by atoms with Gasteiger partial charge in [-0.1, -0.05) is 0 Å². The minimum absolute atomic E-state index is 0.0834. The highest BCUT2D eigenvalue weighted by molar-refractivity contribution is 7.88. The first-order valence-corrected chi connectivity index (χ1v) is 8.03. The number of fused-ring (bicyclic) bond motifs is 1. The SMILES string of the molecule is CS(=O)(=O)N1Cc2nc(C(=O)N3CCCC3)oc2C1. The molecule has 3 heterocycles. The van der Waals surface area contributed by atoms with Crippen LogP contribution in [0.2, 0.25) is 0 Å². The minimum atomic E-state index is -3.25. The number of sulfonamides is 1. The maximum atomic E-state index is 12.1. The molecule has 0 aromatic carbocycles. The van der Waals surface area contributed by atoms with Crippen molar-refractivity contribution in [2.45, 2.75) is 25.9 Å². The van der Waals surface area contributed by atoms with Gasteiger partial charge in [-0.2, -0.15) is 4.31 Å². The summed E-state index contributed by atoms with van der Waals surface area (Å²) in [6.07, 6.45) is 3.16. The Bertz CT molecular complexity index is 592. The van der Waals surface area contributed by atoms with E-state index < -0.39 is 10.0 Å². The van der Waals surface area contributed by atoms with Crippen LogP contribution < -0.4 is 0 Å². The molecule has 3 rings (SSSR count). The second-order valence-corrected chi connectivity index (χ2v) is 6.90. The molecule has 0 saturated carbocycles. The van der Waals surface area contributed by atoms with Crippen molar-refractivity contribution in [3.05, 3.63) is 17.3 Å². The molecule has 19 heavy (non-hydrogen) atoms. The maximum Gasteiger partial charge on any atom is 0.309 e. The third-order valence-corrected chi connectivity index (χ3v) is 4.67. The summed E-state index contributed by atoms with van der Waals surface area (Å²) in [5, 5.41) is 0. The molecule has 0 spiro atoms. The zero-order chi connectivity index (χ0) is 13.6. The molecule has 8 heteroatoms. The van der Waals surface area contributed by atoms with E-state index in [0.29, 0.717) is 11.5 Å². The Hall–Kier alpha value is -1.41. The van der Waals surface area contributed by atoms with E-state index in [1.165, 1.54) is 4.31 Å². The predicted molar refractivity (Wildman–Crippen MR) is 65.7 cm³/mol. The highest BCUT2D eigenvalue weighted by Gasteiger charge is 2.33. The monoisotopic (exact) mass is 285 g/mol. The summed E-state index contributed by atoms with van der Waals surface area (Å²) in [6, 6.07) is 0. The molecule has 0 radical (unpaired) electrons. The highest BCUT2D eigenvalue weighted by atomic mass is 32.2. The topological polar surface area (TPSA) is 83.7 Å². The number of nitrogens with zero attached hydrogens (tertiary/aromatic N) is 3. The molecule has 1 fully saturated rings. The lowest BCUT2D eigenvalue weighted by Gasteiger charge is -2.13. The lowest BCUT2D eigenvalue weighted by atomic mass is 10.4. The summed E-state index contributed by atoms with van der Waals surface area (Å²) in [4.78, 5) is 17.9. The van der Waals surface area contributed by atoms with Crippen LogP contribution in [-0.2, 0) is 23.1 Å². The van der Waals surface area contributed by atoms with E-state index in [0.717, 1.165) is 32.2 Å². The number of likely N-dealkylation sites (tertiary alicyclic amines) is 1. The summed E-state index contributed by atoms with van der Waals surface area (Å²) < 4.78 is 29.5. The van der Waals surface area contributed by atoms with E-state index in [1.807, 2.05) is 0 Å². The van der Waals surface area contributed by atoms with Gasteiger partial charge in [-0.05, 0) is 12.8 Å². The average Bonchev–Trinajstić information content (AvgIpc) is 3.02. The second kappa shape index (κ2) is 4.31. The first-order valence-electron chi connectivity index (χ1n) is 6.18. The Morgan fingerprint density at radius 3 is 2.53 bits per heavy atom. The third kappa shape index (κ3) is 2.25. The number of amides is 1.